The third-order valence-electron chi connectivity index (χ3n) is 2.41. The zero-order chi connectivity index (χ0) is 12.3. The molecule has 2 rings (SSSR count). The Hall–Kier alpha value is -2.36. The number of nitrogen functional groups attached to an aromatic ring is 2. The first kappa shape index (κ1) is 11.1. The van der Waals surface area contributed by atoms with E-state index >= 15 is 0 Å². The van der Waals surface area contributed by atoms with Gasteiger partial charge in [-0.25, -0.2) is 0 Å². The predicted octanol–water partition coefficient (Wildman–Crippen LogP) is 2.17. The molecule has 88 valence electrons. The van der Waals surface area contributed by atoms with Gasteiger partial charge in [0.05, 0.1) is 0 Å². The third kappa shape index (κ3) is 3.04. The zero-order valence-electron chi connectivity index (χ0n) is 9.35. The van der Waals surface area contributed by atoms with Crippen molar-refractivity contribution in [2.45, 2.75) is 6.54 Å². The number of benzene rings is 2. The van der Waals surface area contributed by atoms with Crippen molar-refractivity contribution in [3.05, 3.63) is 48.0 Å². The minimum absolute atomic E-state index is 0.180. The molecule has 0 aliphatic heterocycles. The molecule has 0 aliphatic rings. The second-order valence-corrected chi connectivity index (χ2v) is 3.91. The van der Waals surface area contributed by atoms with Crippen molar-refractivity contribution in [3.8, 4) is 5.75 Å². The molecule has 0 aliphatic carbocycles. The molecular weight excluding hydrogens is 214 g/mol. The highest BCUT2D eigenvalue weighted by Gasteiger charge is 1.98. The van der Waals surface area contributed by atoms with Crippen LogP contribution < -0.4 is 16.8 Å². The van der Waals surface area contributed by atoms with Crippen LogP contribution in [0.25, 0.3) is 0 Å². The van der Waals surface area contributed by atoms with Crippen LogP contribution in [0.5, 0.6) is 5.75 Å². The first-order chi connectivity index (χ1) is 8.13. The Kier molecular flexibility index (Phi) is 3.05. The van der Waals surface area contributed by atoms with Crippen LogP contribution in [0.4, 0.5) is 17.1 Å². The van der Waals surface area contributed by atoms with E-state index in [4.69, 9.17) is 11.5 Å². The highest BCUT2D eigenvalue weighted by Crippen LogP contribution is 2.18. The van der Waals surface area contributed by atoms with Gasteiger partial charge in [0.1, 0.15) is 5.75 Å². The molecule has 0 amide bonds. The molecule has 4 nitrogen and oxygen atoms in total. The number of nitrogens with two attached hydrogens (primary N) is 2. The van der Waals surface area contributed by atoms with Gasteiger partial charge in [0.15, 0.2) is 0 Å². The van der Waals surface area contributed by atoms with Gasteiger partial charge in [-0.3, -0.25) is 0 Å². The first-order valence-corrected chi connectivity index (χ1v) is 5.31. The van der Waals surface area contributed by atoms with Crippen molar-refractivity contribution in [3.63, 3.8) is 0 Å². The van der Waals surface area contributed by atoms with Gasteiger partial charge in [-0.15, -0.1) is 0 Å². The summed E-state index contributed by atoms with van der Waals surface area (Å²) in [7, 11) is 0. The number of rotatable bonds is 3. The average molecular weight is 229 g/mol. The van der Waals surface area contributed by atoms with Crippen LogP contribution in [0.1, 0.15) is 5.56 Å². The van der Waals surface area contributed by atoms with Gasteiger partial charge in [0.25, 0.3) is 0 Å². The number of aromatic hydroxyl groups is 1. The van der Waals surface area contributed by atoms with E-state index in [1.54, 1.807) is 6.07 Å². The van der Waals surface area contributed by atoms with E-state index in [2.05, 4.69) is 5.32 Å². The quantitative estimate of drug-likeness (QED) is 0.608. The van der Waals surface area contributed by atoms with Gasteiger partial charge in [-0.2, -0.15) is 0 Å². The van der Waals surface area contributed by atoms with Gasteiger partial charge in [0, 0.05) is 29.7 Å². The van der Waals surface area contributed by atoms with Crippen LogP contribution in [0, 0.1) is 0 Å². The Morgan fingerprint density at radius 1 is 0.941 bits per heavy atom. The number of hydrogen-bond donors (Lipinski definition) is 4. The summed E-state index contributed by atoms with van der Waals surface area (Å²) in [6, 6.07) is 12.5. The normalized spacial score (nSPS) is 10.1. The molecule has 6 N–H and O–H groups in total. The highest BCUT2D eigenvalue weighted by molar-refractivity contribution is 5.52. The Labute approximate surface area is 99.9 Å². The summed E-state index contributed by atoms with van der Waals surface area (Å²) in [4.78, 5) is 0. The second kappa shape index (κ2) is 4.65. The molecule has 0 bridgehead atoms. The lowest BCUT2D eigenvalue weighted by molar-refractivity contribution is 0.475. The highest BCUT2D eigenvalue weighted by atomic mass is 16.3. The molecule has 0 heterocycles. The van der Waals surface area contributed by atoms with E-state index in [1.165, 1.54) is 6.07 Å². The Balaban J connectivity index is 2.04. The summed E-state index contributed by atoms with van der Waals surface area (Å²) in [5.74, 6) is 0.180. The molecule has 0 fully saturated rings. The van der Waals surface area contributed by atoms with E-state index in [9.17, 15) is 5.11 Å². The maximum atomic E-state index is 9.40. The molecule has 2 aromatic carbocycles. The molecule has 0 atom stereocenters. The van der Waals surface area contributed by atoms with Crippen LogP contribution in [0.3, 0.4) is 0 Å². The molecular formula is C13H15N3O. The smallest absolute Gasteiger partial charge is 0.117 e. The van der Waals surface area contributed by atoms with Gasteiger partial charge in [-0.1, -0.05) is 0 Å². The van der Waals surface area contributed by atoms with Crippen LogP contribution in [-0.2, 0) is 6.54 Å². The summed E-state index contributed by atoms with van der Waals surface area (Å²) >= 11 is 0. The average Bonchev–Trinajstić information content (AvgIpc) is 2.27. The van der Waals surface area contributed by atoms with Gasteiger partial charge < -0.3 is 21.9 Å². The molecule has 17 heavy (non-hydrogen) atoms. The van der Waals surface area contributed by atoms with E-state index in [0.717, 1.165) is 16.9 Å². The number of phenolic OH excluding ortho intramolecular Hbond substituents is 1. The molecule has 0 aromatic heterocycles. The number of nitrogens with one attached hydrogen (secondary N) is 1. The monoisotopic (exact) mass is 229 g/mol. The van der Waals surface area contributed by atoms with E-state index in [-0.39, 0.29) is 5.75 Å². The fourth-order valence-corrected chi connectivity index (χ4v) is 1.61. The molecule has 0 spiro atoms. The maximum Gasteiger partial charge on any atom is 0.117 e. The summed E-state index contributed by atoms with van der Waals surface area (Å²) in [5, 5.41) is 12.6. The van der Waals surface area contributed by atoms with E-state index in [0.29, 0.717) is 12.2 Å². The van der Waals surface area contributed by atoms with Crippen molar-refractivity contribution in [1.82, 2.24) is 0 Å². The third-order valence-corrected chi connectivity index (χ3v) is 2.41. The second-order valence-electron chi connectivity index (χ2n) is 3.91. The van der Waals surface area contributed by atoms with Crippen molar-refractivity contribution in [2.24, 2.45) is 0 Å². The summed E-state index contributed by atoms with van der Waals surface area (Å²) < 4.78 is 0. The topological polar surface area (TPSA) is 84.3 Å². The van der Waals surface area contributed by atoms with Crippen LogP contribution in [0.2, 0.25) is 0 Å². The number of hydrogen-bond acceptors (Lipinski definition) is 4. The SMILES string of the molecule is Nc1ccc(NCc2cc(N)cc(O)c2)cc1. The fourth-order valence-electron chi connectivity index (χ4n) is 1.61. The van der Waals surface area contributed by atoms with Gasteiger partial charge in [-0.05, 0) is 42.0 Å². The molecule has 0 radical (unpaired) electrons. The lowest BCUT2D eigenvalue weighted by atomic mass is 10.2. The van der Waals surface area contributed by atoms with Crippen LogP contribution in [-0.4, -0.2) is 5.11 Å². The minimum atomic E-state index is 0.180. The van der Waals surface area contributed by atoms with Crippen LogP contribution in [0.15, 0.2) is 42.5 Å². The molecule has 0 saturated carbocycles. The lowest BCUT2D eigenvalue weighted by Gasteiger charge is -2.08. The predicted molar refractivity (Wildman–Crippen MR) is 70.7 cm³/mol. The largest absolute Gasteiger partial charge is 0.508 e. The van der Waals surface area contributed by atoms with Crippen molar-refractivity contribution in [2.75, 3.05) is 16.8 Å². The molecule has 2 aromatic rings. The number of phenols is 1. The minimum Gasteiger partial charge on any atom is -0.508 e. The van der Waals surface area contributed by atoms with Gasteiger partial charge in [0.2, 0.25) is 0 Å². The standard InChI is InChI=1S/C13H15N3O/c14-10-1-3-12(4-2-10)16-8-9-5-11(15)7-13(17)6-9/h1-7,16-17H,8,14-15H2. The molecule has 0 unspecified atom stereocenters. The van der Waals surface area contributed by atoms with E-state index in [1.807, 2.05) is 30.3 Å². The summed E-state index contributed by atoms with van der Waals surface area (Å²) in [5.41, 5.74) is 14.4. The molecule has 4 heteroatoms. The van der Waals surface area contributed by atoms with Crippen molar-refractivity contribution >= 4 is 17.1 Å². The zero-order valence-corrected chi connectivity index (χ0v) is 9.35. The Morgan fingerprint density at radius 3 is 2.29 bits per heavy atom. The lowest BCUT2D eigenvalue weighted by Crippen LogP contribution is -2.00. The van der Waals surface area contributed by atoms with Gasteiger partial charge >= 0.3 is 0 Å². The maximum absolute atomic E-state index is 9.40. The first-order valence-electron chi connectivity index (χ1n) is 5.31. The fraction of sp³-hybridized carbons (Fsp3) is 0.0769. The molecule has 0 saturated heterocycles. The Morgan fingerprint density at radius 2 is 1.65 bits per heavy atom. The summed E-state index contributed by atoms with van der Waals surface area (Å²) in [6.07, 6.45) is 0. The summed E-state index contributed by atoms with van der Waals surface area (Å²) in [6.45, 7) is 0.600. The van der Waals surface area contributed by atoms with Crippen molar-refractivity contribution < 1.29 is 5.11 Å². The van der Waals surface area contributed by atoms with Crippen LogP contribution >= 0.6 is 0 Å². The number of anilines is 3. The van der Waals surface area contributed by atoms with Crippen molar-refractivity contribution in [1.29, 1.82) is 0 Å². The Bertz CT molecular complexity index is 488. The van der Waals surface area contributed by atoms with E-state index < -0.39 is 0 Å².